The lowest BCUT2D eigenvalue weighted by atomic mass is 10.2. The predicted molar refractivity (Wildman–Crippen MR) is 69.5 cm³/mol. The molecule has 0 heterocycles. The molecular weight excluding hydrogens is 221 g/mol. The van der Waals surface area contributed by atoms with Crippen molar-refractivity contribution >= 4 is 11.8 Å². The van der Waals surface area contributed by atoms with Crippen molar-refractivity contribution in [1.82, 2.24) is 5.32 Å². The van der Waals surface area contributed by atoms with Crippen LogP contribution in [-0.2, 0) is 0 Å². The monoisotopic (exact) mass is 241 g/mol. The summed E-state index contributed by atoms with van der Waals surface area (Å²) in [5.74, 6) is -0.156. The van der Waals surface area contributed by atoms with Crippen LogP contribution in [0.2, 0.25) is 0 Å². The lowest BCUT2D eigenvalue weighted by Crippen LogP contribution is -2.28. The number of hydrogen-bond acceptors (Lipinski definition) is 2. The summed E-state index contributed by atoms with van der Waals surface area (Å²) >= 11 is 1.73. The molecule has 0 aliphatic heterocycles. The molecular formula is C13H20FNS. The van der Waals surface area contributed by atoms with E-state index < -0.39 is 0 Å². The van der Waals surface area contributed by atoms with Crippen molar-refractivity contribution in [3.05, 3.63) is 30.1 Å². The van der Waals surface area contributed by atoms with Crippen LogP contribution in [-0.4, -0.2) is 17.8 Å². The fourth-order valence-corrected chi connectivity index (χ4v) is 2.94. The van der Waals surface area contributed by atoms with Crippen molar-refractivity contribution in [3.8, 4) is 0 Å². The number of benzene rings is 1. The van der Waals surface area contributed by atoms with Crippen molar-refractivity contribution in [2.24, 2.45) is 0 Å². The normalized spacial score (nSPS) is 14.8. The zero-order valence-electron chi connectivity index (χ0n) is 10.2. The summed E-state index contributed by atoms with van der Waals surface area (Å²) in [6.07, 6.45) is 1.09. The highest BCUT2D eigenvalue weighted by molar-refractivity contribution is 7.99. The summed E-state index contributed by atoms with van der Waals surface area (Å²) in [4.78, 5) is 1.01. The Bertz CT molecular complexity index is 317. The van der Waals surface area contributed by atoms with Gasteiger partial charge in [-0.2, -0.15) is 0 Å². The molecule has 0 amide bonds. The van der Waals surface area contributed by atoms with E-state index in [1.54, 1.807) is 23.9 Å². The summed E-state index contributed by atoms with van der Waals surface area (Å²) < 4.78 is 13.0. The van der Waals surface area contributed by atoms with Gasteiger partial charge in [-0.15, -0.1) is 11.8 Å². The average Bonchev–Trinajstić information content (AvgIpc) is 2.17. The molecule has 0 saturated carbocycles. The van der Waals surface area contributed by atoms with Gasteiger partial charge in [0.15, 0.2) is 0 Å². The predicted octanol–water partition coefficient (Wildman–Crippen LogP) is 3.69. The molecule has 0 aliphatic rings. The van der Waals surface area contributed by atoms with Crippen LogP contribution >= 0.6 is 11.8 Å². The molecule has 2 atom stereocenters. The Hall–Kier alpha value is -0.540. The molecule has 90 valence electrons. The van der Waals surface area contributed by atoms with Gasteiger partial charge in [-0.05, 0) is 38.1 Å². The molecule has 0 aliphatic carbocycles. The Morgan fingerprint density at radius 2 is 2.12 bits per heavy atom. The Balaban J connectivity index is 2.42. The summed E-state index contributed by atoms with van der Waals surface area (Å²) in [6, 6.07) is 7.32. The summed E-state index contributed by atoms with van der Waals surface area (Å²) in [5, 5.41) is 3.88. The van der Waals surface area contributed by atoms with Crippen LogP contribution in [0.4, 0.5) is 4.39 Å². The standard InChI is InChI=1S/C13H20FNS/c1-4-15-10(2)8-11(3)16-13-7-5-6-12(14)9-13/h5-7,9-11,15H,4,8H2,1-3H3. The van der Waals surface area contributed by atoms with Crippen LogP contribution in [0.25, 0.3) is 0 Å². The van der Waals surface area contributed by atoms with E-state index in [1.807, 2.05) is 6.07 Å². The van der Waals surface area contributed by atoms with Gasteiger partial charge in [0.05, 0.1) is 0 Å². The average molecular weight is 241 g/mol. The summed E-state index contributed by atoms with van der Waals surface area (Å²) in [6.45, 7) is 7.48. The number of rotatable bonds is 6. The van der Waals surface area contributed by atoms with E-state index in [2.05, 4.69) is 26.1 Å². The third-order valence-corrected chi connectivity index (χ3v) is 3.49. The van der Waals surface area contributed by atoms with Gasteiger partial charge in [0.2, 0.25) is 0 Å². The number of thioether (sulfide) groups is 1. The Morgan fingerprint density at radius 1 is 1.38 bits per heavy atom. The quantitative estimate of drug-likeness (QED) is 0.762. The van der Waals surface area contributed by atoms with E-state index in [4.69, 9.17) is 0 Å². The summed E-state index contributed by atoms with van der Waals surface area (Å²) in [5.41, 5.74) is 0. The van der Waals surface area contributed by atoms with E-state index in [-0.39, 0.29) is 5.82 Å². The molecule has 1 N–H and O–H groups in total. The van der Waals surface area contributed by atoms with Crippen LogP contribution in [0, 0.1) is 5.82 Å². The first-order valence-corrected chi connectivity index (χ1v) is 6.65. The molecule has 0 bridgehead atoms. The molecule has 2 unspecified atom stereocenters. The van der Waals surface area contributed by atoms with Gasteiger partial charge in [-0.3, -0.25) is 0 Å². The minimum atomic E-state index is -0.156. The SMILES string of the molecule is CCNC(C)CC(C)Sc1cccc(F)c1. The summed E-state index contributed by atoms with van der Waals surface area (Å²) in [7, 11) is 0. The fourth-order valence-electron chi connectivity index (χ4n) is 1.75. The van der Waals surface area contributed by atoms with Gasteiger partial charge < -0.3 is 5.32 Å². The van der Waals surface area contributed by atoms with Crippen LogP contribution in [0.1, 0.15) is 27.2 Å². The van der Waals surface area contributed by atoms with E-state index >= 15 is 0 Å². The molecule has 0 aromatic heterocycles. The Kier molecular flexibility index (Phi) is 5.85. The lowest BCUT2D eigenvalue weighted by molar-refractivity contribution is 0.530. The minimum absolute atomic E-state index is 0.156. The van der Waals surface area contributed by atoms with Gasteiger partial charge in [-0.25, -0.2) is 4.39 Å². The van der Waals surface area contributed by atoms with Crippen molar-refractivity contribution in [3.63, 3.8) is 0 Å². The van der Waals surface area contributed by atoms with Crippen LogP contribution < -0.4 is 5.32 Å². The minimum Gasteiger partial charge on any atom is -0.314 e. The largest absolute Gasteiger partial charge is 0.314 e. The zero-order valence-corrected chi connectivity index (χ0v) is 11.0. The molecule has 0 spiro atoms. The molecule has 1 aromatic rings. The van der Waals surface area contributed by atoms with Crippen molar-refractivity contribution < 1.29 is 4.39 Å². The maximum atomic E-state index is 13.0. The van der Waals surface area contributed by atoms with E-state index in [9.17, 15) is 4.39 Å². The topological polar surface area (TPSA) is 12.0 Å². The van der Waals surface area contributed by atoms with Gasteiger partial charge in [0.25, 0.3) is 0 Å². The fraction of sp³-hybridized carbons (Fsp3) is 0.538. The van der Waals surface area contributed by atoms with Crippen LogP contribution in [0.3, 0.4) is 0 Å². The van der Waals surface area contributed by atoms with Gasteiger partial charge in [0.1, 0.15) is 5.82 Å². The van der Waals surface area contributed by atoms with Crippen LogP contribution in [0.15, 0.2) is 29.2 Å². The highest BCUT2D eigenvalue weighted by atomic mass is 32.2. The Labute approximate surface area is 102 Å². The zero-order chi connectivity index (χ0) is 12.0. The van der Waals surface area contributed by atoms with Gasteiger partial charge >= 0.3 is 0 Å². The van der Waals surface area contributed by atoms with Crippen molar-refractivity contribution in [1.29, 1.82) is 0 Å². The highest BCUT2D eigenvalue weighted by Crippen LogP contribution is 2.26. The molecule has 16 heavy (non-hydrogen) atoms. The molecule has 3 heteroatoms. The van der Waals surface area contributed by atoms with E-state index in [1.165, 1.54) is 6.07 Å². The first-order valence-electron chi connectivity index (χ1n) is 5.77. The maximum absolute atomic E-state index is 13.0. The van der Waals surface area contributed by atoms with Gasteiger partial charge in [0, 0.05) is 16.2 Å². The third kappa shape index (κ3) is 4.99. The number of hydrogen-bond donors (Lipinski definition) is 1. The molecule has 1 rings (SSSR count). The smallest absolute Gasteiger partial charge is 0.124 e. The molecule has 1 aromatic carbocycles. The van der Waals surface area contributed by atoms with Crippen molar-refractivity contribution in [2.75, 3.05) is 6.54 Å². The lowest BCUT2D eigenvalue weighted by Gasteiger charge is -2.17. The van der Waals surface area contributed by atoms with Crippen molar-refractivity contribution in [2.45, 2.75) is 43.4 Å². The third-order valence-electron chi connectivity index (χ3n) is 2.37. The Morgan fingerprint density at radius 3 is 2.75 bits per heavy atom. The number of halogens is 1. The second-order valence-corrected chi connectivity index (χ2v) is 5.59. The number of nitrogens with one attached hydrogen (secondary N) is 1. The van der Waals surface area contributed by atoms with Gasteiger partial charge in [-0.1, -0.05) is 19.9 Å². The maximum Gasteiger partial charge on any atom is 0.124 e. The first kappa shape index (κ1) is 13.5. The first-order chi connectivity index (χ1) is 7.61. The molecule has 0 saturated heterocycles. The van der Waals surface area contributed by atoms with E-state index in [0.717, 1.165) is 17.9 Å². The van der Waals surface area contributed by atoms with E-state index in [0.29, 0.717) is 11.3 Å². The molecule has 1 nitrogen and oxygen atoms in total. The highest BCUT2D eigenvalue weighted by Gasteiger charge is 2.09. The van der Waals surface area contributed by atoms with Crippen LogP contribution in [0.5, 0.6) is 0 Å². The molecule has 0 fully saturated rings. The molecule has 0 radical (unpaired) electrons. The second kappa shape index (κ2) is 6.92. The second-order valence-electron chi connectivity index (χ2n) is 4.08.